The second-order valence-electron chi connectivity index (χ2n) is 5.41. The molecular formula is C17H21N. The highest BCUT2D eigenvalue weighted by molar-refractivity contribution is 5.83. The average Bonchev–Trinajstić information content (AvgIpc) is 3.18. The summed E-state index contributed by atoms with van der Waals surface area (Å²) in [6.07, 6.45) is 2.59. The molecule has 3 rings (SSSR count). The van der Waals surface area contributed by atoms with Crippen molar-refractivity contribution in [2.75, 3.05) is 13.1 Å². The van der Waals surface area contributed by atoms with Crippen molar-refractivity contribution in [3.8, 4) is 0 Å². The molecule has 2 atom stereocenters. The average molecular weight is 239 g/mol. The van der Waals surface area contributed by atoms with E-state index in [-0.39, 0.29) is 0 Å². The van der Waals surface area contributed by atoms with Crippen LogP contribution in [0.5, 0.6) is 0 Å². The Hall–Kier alpha value is -1.34. The van der Waals surface area contributed by atoms with Crippen LogP contribution in [-0.4, -0.2) is 13.1 Å². The van der Waals surface area contributed by atoms with Crippen molar-refractivity contribution in [1.29, 1.82) is 0 Å². The Balaban J connectivity index is 1.69. The minimum absolute atomic E-state index is 0.791. The molecule has 2 aromatic rings. The molecule has 18 heavy (non-hydrogen) atoms. The molecule has 0 aliphatic heterocycles. The zero-order valence-electron chi connectivity index (χ0n) is 11.0. The lowest BCUT2D eigenvalue weighted by Crippen LogP contribution is -2.17. The van der Waals surface area contributed by atoms with Crippen LogP contribution in [0, 0.1) is 5.92 Å². The molecule has 1 fully saturated rings. The van der Waals surface area contributed by atoms with Crippen molar-refractivity contribution >= 4 is 10.8 Å². The van der Waals surface area contributed by atoms with Gasteiger partial charge in [0.15, 0.2) is 0 Å². The SMILES string of the molecule is CCCNCC1CC1c1ccc2ccccc2c1. The molecule has 1 heteroatoms. The molecule has 1 N–H and O–H groups in total. The first-order valence-electron chi connectivity index (χ1n) is 7.08. The summed E-state index contributed by atoms with van der Waals surface area (Å²) >= 11 is 0. The molecule has 1 aliphatic carbocycles. The van der Waals surface area contributed by atoms with E-state index in [4.69, 9.17) is 0 Å². The van der Waals surface area contributed by atoms with E-state index < -0.39 is 0 Å². The molecule has 1 saturated carbocycles. The lowest BCUT2D eigenvalue weighted by atomic mass is 10.0. The van der Waals surface area contributed by atoms with Crippen LogP contribution in [0.15, 0.2) is 42.5 Å². The molecule has 0 heterocycles. The number of fused-ring (bicyclic) bond motifs is 1. The van der Waals surface area contributed by atoms with Crippen LogP contribution >= 0.6 is 0 Å². The van der Waals surface area contributed by atoms with Gasteiger partial charge in [0.2, 0.25) is 0 Å². The van der Waals surface area contributed by atoms with Gasteiger partial charge in [0.05, 0.1) is 0 Å². The monoisotopic (exact) mass is 239 g/mol. The normalized spacial score (nSPS) is 22.3. The lowest BCUT2D eigenvalue weighted by molar-refractivity contribution is 0.620. The van der Waals surface area contributed by atoms with E-state index >= 15 is 0 Å². The highest BCUT2D eigenvalue weighted by Gasteiger charge is 2.37. The first-order valence-corrected chi connectivity index (χ1v) is 7.08. The van der Waals surface area contributed by atoms with Gasteiger partial charge in [-0.25, -0.2) is 0 Å². The highest BCUT2D eigenvalue weighted by Crippen LogP contribution is 2.47. The summed E-state index contributed by atoms with van der Waals surface area (Å²) in [7, 11) is 0. The lowest BCUT2D eigenvalue weighted by Gasteiger charge is -2.04. The summed E-state index contributed by atoms with van der Waals surface area (Å²) in [6.45, 7) is 4.56. The largest absolute Gasteiger partial charge is 0.316 e. The number of hydrogen-bond donors (Lipinski definition) is 1. The fourth-order valence-corrected chi connectivity index (χ4v) is 2.78. The third kappa shape index (κ3) is 2.41. The highest BCUT2D eigenvalue weighted by atomic mass is 14.9. The Morgan fingerprint density at radius 3 is 2.78 bits per heavy atom. The van der Waals surface area contributed by atoms with Gasteiger partial charge in [-0.3, -0.25) is 0 Å². The van der Waals surface area contributed by atoms with Crippen molar-refractivity contribution in [2.24, 2.45) is 5.92 Å². The first-order chi connectivity index (χ1) is 8.88. The van der Waals surface area contributed by atoms with Crippen LogP contribution in [0.25, 0.3) is 10.8 Å². The minimum atomic E-state index is 0.791. The molecule has 0 aromatic heterocycles. The van der Waals surface area contributed by atoms with Crippen LogP contribution in [0.1, 0.15) is 31.2 Å². The number of rotatable bonds is 5. The summed E-state index contributed by atoms with van der Waals surface area (Å²) in [4.78, 5) is 0. The molecular weight excluding hydrogens is 218 g/mol. The van der Waals surface area contributed by atoms with Gasteiger partial charge < -0.3 is 5.32 Å². The third-order valence-electron chi connectivity index (χ3n) is 3.96. The van der Waals surface area contributed by atoms with E-state index in [0.717, 1.165) is 18.4 Å². The van der Waals surface area contributed by atoms with Gasteiger partial charge in [-0.1, -0.05) is 49.4 Å². The van der Waals surface area contributed by atoms with Crippen molar-refractivity contribution in [3.05, 3.63) is 48.0 Å². The summed E-state index contributed by atoms with van der Waals surface area (Å²) in [5.74, 6) is 1.65. The van der Waals surface area contributed by atoms with Gasteiger partial charge in [-0.15, -0.1) is 0 Å². The number of nitrogens with one attached hydrogen (secondary N) is 1. The van der Waals surface area contributed by atoms with Crippen LogP contribution in [0.3, 0.4) is 0 Å². The van der Waals surface area contributed by atoms with E-state index in [2.05, 4.69) is 54.7 Å². The van der Waals surface area contributed by atoms with Gasteiger partial charge in [-0.2, -0.15) is 0 Å². The van der Waals surface area contributed by atoms with Gasteiger partial charge in [0.1, 0.15) is 0 Å². The van der Waals surface area contributed by atoms with Gasteiger partial charge in [0.25, 0.3) is 0 Å². The second-order valence-corrected chi connectivity index (χ2v) is 5.41. The second kappa shape index (κ2) is 5.11. The van der Waals surface area contributed by atoms with E-state index in [1.165, 1.54) is 35.7 Å². The minimum Gasteiger partial charge on any atom is -0.316 e. The fraction of sp³-hybridized carbons (Fsp3) is 0.412. The maximum absolute atomic E-state index is 3.53. The molecule has 2 aromatic carbocycles. The maximum atomic E-state index is 3.53. The summed E-state index contributed by atoms with van der Waals surface area (Å²) in [5, 5.41) is 6.26. The fourth-order valence-electron chi connectivity index (χ4n) is 2.78. The predicted molar refractivity (Wildman–Crippen MR) is 78.0 cm³/mol. The van der Waals surface area contributed by atoms with E-state index in [9.17, 15) is 0 Å². The standard InChI is InChI=1S/C17H21N/c1-2-9-18-12-16-11-17(16)15-8-7-13-5-3-4-6-14(13)10-15/h3-8,10,16-18H,2,9,11-12H2,1H3. The number of hydrogen-bond acceptors (Lipinski definition) is 1. The molecule has 2 unspecified atom stereocenters. The Morgan fingerprint density at radius 1 is 1.11 bits per heavy atom. The Labute approximate surface area is 109 Å². The molecule has 1 aliphatic rings. The van der Waals surface area contributed by atoms with Gasteiger partial charge >= 0.3 is 0 Å². The number of benzene rings is 2. The van der Waals surface area contributed by atoms with Crippen LogP contribution in [0.4, 0.5) is 0 Å². The quantitative estimate of drug-likeness (QED) is 0.779. The van der Waals surface area contributed by atoms with Crippen molar-refractivity contribution in [3.63, 3.8) is 0 Å². The van der Waals surface area contributed by atoms with Gasteiger partial charge in [-0.05, 0) is 54.1 Å². The summed E-state index contributed by atoms with van der Waals surface area (Å²) < 4.78 is 0. The molecule has 1 nitrogen and oxygen atoms in total. The molecule has 0 radical (unpaired) electrons. The zero-order valence-corrected chi connectivity index (χ0v) is 11.0. The summed E-state index contributed by atoms with van der Waals surface area (Å²) in [6, 6.07) is 15.6. The molecule has 0 spiro atoms. The maximum Gasteiger partial charge on any atom is -0.00144 e. The molecule has 0 amide bonds. The van der Waals surface area contributed by atoms with Crippen molar-refractivity contribution < 1.29 is 0 Å². The van der Waals surface area contributed by atoms with E-state index in [0.29, 0.717) is 0 Å². The Bertz CT molecular complexity index is 532. The third-order valence-corrected chi connectivity index (χ3v) is 3.96. The van der Waals surface area contributed by atoms with Crippen LogP contribution in [-0.2, 0) is 0 Å². The van der Waals surface area contributed by atoms with Crippen molar-refractivity contribution in [2.45, 2.75) is 25.7 Å². The Morgan fingerprint density at radius 2 is 1.94 bits per heavy atom. The smallest absolute Gasteiger partial charge is 0.00144 e. The summed E-state index contributed by atoms with van der Waals surface area (Å²) in [5.41, 5.74) is 1.52. The first kappa shape index (κ1) is 11.7. The molecule has 94 valence electrons. The van der Waals surface area contributed by atoms with E-state index in [1.54, 1.807) is 0 Å². The molecule has 0 saturated heterocycles. The zero-order chi connectivity index (χ0) is 12.4. The van der Waals surface area contributed by atoms with E-state index in [1.807, 2.05) is 0 Å². The van der Waals surface area contributed by atoms with Crippen LogP contribution < -0.4 is 5.32 Å². The van der Waals surface area contributed by atoms with Gasteiger partial charge in [0, 0.05) is 0 Å². The van der Waals surface area contributed by atoms with Crippen molar-refractivity contribution in [1.82, 2.24) is 5.32 Å². The predicted octanol–water partition coefficient (Wildman–Crippen LogP) is 3.94. The Kier molecular flexibility index (Phi) is 3.33. The molecule has 0 bridgehead atoms. The topological polar surface area (TPSA) is 12.0 Å². The van der Waals surface area contributed by atoms with Crippen LogP contribution in [0.2, 0.25) is 0 Å².